The molecule has 0 saturated heterocycles. The summed E-state index contributed by atoms with van der Waals surface area (Å²) in [6.45, 7) is 1.71. The molecule has 0 radical (unpaired) electrons. The molecule has 6 nitrogen and oxygen atoms in total. The lowest BCUT2D eigenvalue weighted by molar-refractivity contribution is -0.114. The summed E-state index contributed by atoms with van der Waals surface area (Å²) < 4.78 is 10.8. The molecule has 0 spiro atoms. The number of para-hydroxylation sites is 1. The quantitative estimate of drug-likeness (QED) is 0.695. The molecule has 0 saturated carbocycles. The monoisotopic (exact) mass is 351 g/mol. The zero-order chi connectivity index (χ0) is 18.5. The summed E-state index contributed by atoms with van der Waals surface area (Å²) in [4.78, 5) is 22.5. The number of furan rings is 1. The van der Waals surface area contributed by atoms with Gasteiger partial charge in [-0.2, -0.15) is 0 Å². The Labute approximate surface area is 150 Å². The molecular formula is C20H17NO5. The Bertz CT molecular complexity index is 945. The maximum atomic E-state index is 11.3. The van der Waals surface area contributed by atoms with E-state index >= 15 is 0 Å². The van der Waals surface area contributed by atoms with Crippen LogP contribution in [0.5, 0.6) is 5.75 Å². The van der Waals surface area contributed by atoms with Crippen LogP contribution < -0.4 is 10.1 Å². The summed E-state index contributed by atoms with van der Waals surface area (Å²) in [6.07, 6.45) is 1.34. The van der Waals surface area contributed by atoms with Gasteiger partial charge < -0.3 is 19.6 Å². The van der Waals surface area contributed by atoms with Crippen molar-refractivity contribution < 1.29 is 23.8 Å². The molecule has 0 aliphatic heterocycles. The molecule has 0 unspecified atom stereocenters. The largest absolute Gasteiger partial charge is 0.489 e. The smallest absolute Gasteiger partial charge is 0.372 e. The number of ether oxygens (including phenoxy) is 1. The topological polar surface area (TPSA) is 88.8 Å². The fourth-order valence-electron chi connectivity index (χ4n) is 2.57. The van der Waals surface area contributed by atoms with E-state index < -0.39 is 5.97 Å². The maximum Gasteiger partial charge on any atom is 0.372 e. The summed E-state index contributed by atoms with van der Waals surface area (Å²) in [7, 11) is 0. The van der Waals surface area contributed by atoms with Crippen molar-refractivity contribution in [1.29, 1.82) is 0 Å². The number of hydrogen-bond acceptors (Lipinski definition) is 4. The molecule has 6 heteroatoms. The highest BCUT2D eigenvalue weighted by Crippen LogP contribution is 2.28. The second-order valence-corrected chi connectivity index (χ2v) is 5.62. The fraction of sp³-hybridized carbons (Fsp3) is 0.100. The molecule has 1 aromatic heterocycles. The van der Waals surface area contributed by atoms with E-state index in [1.165, 1.54) is 13.2 Å². The summed E-state index contributed by atoms with van der Waals surface area (Å²) in [5, 5.41) is 11.9. The van der Waals surface area contributed by atoms with Crippen LogP contribution >= 0.6 is 0 Å². The van der Waals surface area contributed by atoms with Crippen molar-refractivity contribution in [2.24, 2.45) is 0 Å². The van der Waals surface area contributed by atoms with Crippen LogP contribution in [0.4, 0.5) is 5.69 Å². The van der Waals surface area contributed by atoms with Crippen LogP contribution in [0.1, 0.15) is 23.0 Å². The molecule has 0 atom stereocenters. The highest BCUT2D eigenvalue weighted by molar-refractivity contribution is 5.93. The van der Waals surface area contributed by atoms with Gasteiger partial charge in [0.1, 0.15) is 12.4 Å². The molecule has 0 aliphatic carbocycles. The Hall–Kier alpha value is -3.54. The number of benzene rings is 2. The summed E-state index contributed by atoms with van der Waals surface area (Å²) in [5.41, 5.74) is 2.70. The van der Waals surface area contributed by atoms with E-state index in [2.05, 4.69) is 5.32 Å². The second kappa shape index (κ2) is 7.57. The predicted molar refractivity (Wildman–Crippen MR) is 96.2 cm³/mol. The molecule has 0 bridgehead atoms. The maximum absolute atomic E-state index is 11.3. The van der Waals surface area contributed by atoms with E-state index in [1.807, 2.05) is 18.2 Å². The van der Waals surface area contributed by atoms with Crippen molar-refractivity contribution in [3.05, 3.63) is 72.2 Å². The van der Waals surface area contributed by atoms with Gasteiger partial charge in [0.2, 0.25) is 11.7 Å². The number of anilines is 1. The van der Waals surface area contributed by atoms with Gasteiger partial charge in [0, 0.05) is 23.7 Å². The van der Waals surface area contributed by atoms with Crippen LogP contribution in [0.25, 0.3) is 11.1 Å². The number of carboxylic acids is 1. The summed E-state index contributed by atoms with van der Waals surface area (Å²) >= 11 is 0. The molecule has 1 heterocycles. The molecule has 1 amide bonds. The van der Waals surface area contributed by atoms with E-state index in [1.54, 1.807) is 36.4 Å². The minimum atomic E-state index is -1.12. The number of nitrogens with one attached hydrogen (secondary N) is 1. The third-order valence-corrected chi connectivity index (χ3v) is 3.73. The Morgan fingerprint density at radius 1 is 1.12 bits per heavy atom. The van der Waals surface area contributed by atoms with Crippen LogP contribution in [0.15, 0.2) is 65.3 Å². The Morgan fingerprint density at radius 3 is 2.69 bits per heavy atom. The van der Waals surface area contributed by atoms with Gasteiger partial charge in [-0.05, 0) is 29.8 Å². The molecular weight excluding hydrogens is 334 g/mol. The van der Waals surface area contributed by atoms with Gasteiger partial charge in [-0.3, -0.25) is 4.79 Å². The van der Waals surface area contributed by atoms with Crippen LogP contribution in [-0.4, -0.2) is 17.0 Å². The number of carboxylic acid groups (broad SMARTS) is 1. The fourth-order valence-corrected chi connectivity index (χ4v) is 2.57. The van der Waals surface area contributed by atoms with Gasteiger partial charge in [0.25, 0.3) is 0 Å². The molecule has 26 heavy (non-hydrogen) atoms. The van der Waals surface area contributed by atoms with Gasteiger partial charge >= 0.3 is 5.97 Å². The Balaban J connectivity index is 1.79. The lowest BCUT2D eigenvalue weighted by Crippen LogP contribution is -2.09. The summed E-state index contributed by atoms with van der Waals surface area (Å²) in [6, 6.07) is 16.1. The zero-order valence-electron chi connectivity index (χ0n) is 14.1. The first-order valence-corrected chi connectivity index (χ1v) is 7.94. The van der Waals surface area contributed by atoms with Crippen LogP contribution in [0.2, 0.25) is 0 Å². The van der Waals surface area contributed by atoms with Gasteiger partial charge in [-0.1, -0.05) is 30.3 Å². The number of rotatable bonds is 6. The van der Waals surface area contributed by atoms with Gasteiger partial charge in [-0.25, -0.2) is 4.79 Å². The normalized spacial score (nSPS) is 10.3. The third kappa shape index (κ3) is 3.92. The molecule has 2 N–H and O–H groups in total. The molecule has 0 aliphatic rings. The average molecular weight is 351 g/mol. The second-order valence-electron chi connectivity index (χ2n) is 5.62. The minimum absolute atomic E-state index is 0.113. The van der Waals surface area contributed by atoms with E-state index in [-0.39, 0.29) is 18.3 Å². The van der Waals surface area contributed by atoms with Gasteiger partial charge in [0.15, 0.2) is 0 Å². The molecule has 3 aromatic rings. The SMILES string of the molecule is CC(=O)Nc1ccccc1COc1cccc(-c2ccoc2C(=O)O)c1. The molecule has 132 valence electrons. The molecule has 2 aromatic carbocycles. The number of aromatic carboxylic acids is 1. The lowest BCUT2D eigenvalue weighted by atomic mass is 10.1. The number of carbonyl (C=O) groups excluding carboxylic acids is 1. The zero-order valence-corrected chi connectivity index (χ0v) is 14.1. The number of carbonyl (C=O) groups is 2. The van der Waals surface area contributed by atoms with Crippen molar-refractivity contribution in [2.75, 3.05) is 5.32 Å². The number of amides is 1. The van der Waals surface area contributed by atoms with Crippen LogP contribution in [-0.2, 0) is 11.4 Å². The first-order chi connectivity index (χ1) is 12.5. The van der Waals surface area contributed by atoms with Crippen molar-refractivity contribution in [1.82, 2.24) is 0 Å². The molecule has 3 rings (SSSR count). The van der Waals surface area contributed by atoms with E-state index in [0.717, 1.165) is 5.56 Å². The lowest BCUT2D eigenvalue weighted by Gasteiger charge is -2.12. The van der Waals surface area contributed by atoms with Crippen LogP contribution in [0.3, 0.4) is 0 Å². The predicted octanol–water partition coefficient (Wildman–Crippen LogP) is 4.18. The van der Waals surface area contributed by atoms with Crippen molar-refractivity contribution in [2.45, 2.75) is 13.5 Å². The van der Waals surface area contributed by atoms with Gasteiger partial charge in [0.05, 0.1) is 6.26 Å². The first kappa shape index (κ1) is 17.3. The minimum Gasteiger partial charge on any atom is -0.489 e. The van der Waals surface area contributed by atoms with Gasteiger partial charge in [-0.15, -0.1) is 0 Å². The average Bonchev–Trinajstić information content (AvgIpc) is 3.11. The Morgan fingerprint density at radius 2 is 1.92 bits per heavy atom. The summed E-state index contributed by atoms with van der Waals surface area (Å²) in [5.74, 6) is -0.808. The van der Waals surface area contributed by atoms with E-state index in [0.29, 0.717) is 22.6 Å². The molecule has 0 fully saturated rings. The highest BCUT2D eigenvalue weighted by Gasteiger charge is 2.16. The highest BCUT2D eigenvalue weighted by atomic mass is 16.5. The van der Waals surface area contributed by atoms with Crippen molar-refractivity contribution in [3.8, 4) is 16.9 Å². The third-order valence-electron chi connectivity index (χ3n) is 3.73. The Kier molecular flexibility index (Phi) is 5.03. The van der Waals surface area contributed by atoms with Crippen molar-refractivity contribution >= 4 is 17.6 Å². The first-order valence-electron chi connectivity index (χ1n) is 7.94. The standard InChI is InChI=1S/C20H17NO5/c1-13(22)21-18-8-3-2-5-15(18)12-26-16-7-4-6-14(11-16)17-9-10-25-19(17)20(23)24/h2-11H,12H2,1H3,(H,21,22)(H,23,24). The van der Waals surface area contributed by atoms with E-state index in [4.69, 9.17) is 9.15 Å². The van der Waals surface area contributed by atoms with Crippen LogP contribution in [0, 0.1) is 0 Å². The van der Waals surface area contributed by atoms with Crippen molar-refractivity contribution in [3.63, 3.8) is 0 Å². The number of hydrogen-bond donors (Lipinski definition) is 2. The van der Waals surface area contributed by atoms with E-state index in [9.17, 15) is 14.7 Å².